The number of nitrogens with zero attached hydrogens (tertiary/aromatic N) is 1. The molecule has 27 heavy (non-hydrogen) atoms. The van der Waals surface area contributed by atoms with Crippen LogP contribution in [0.4, 0.5) is 5.69 Å². The minimum Gasteiger partial charge on any atom is -0.493 e. The van der Waals surface area contributed by atoms with Crippen molar-refractivity contribution in [2.75, 3.05) is 19.0 Å². The molecule has 2 aromatic carbocycles. The molecule has 0 spiro atoms. The summed E-state index contributed by atoms with van der Waals surface area (Å²) in [6.07, 6.45) is 1.58. The number of carbonyl (C=O) groups excluding carboxylic acids is 2. The molecule has 2 amide bonds. The minimum atomic E-state index is -0.352. The smallest absolute Gasteiger partial charge is 0.240 e. The largest absolute Gasteiger partial charge is 0.493 e. The molecule has 7 heteroatoms. The molecular formula is C20H23N3O4. The van der Waals surface area contributed by atoms with Gasteiger partial charge in [-0.2, -0.15) is 5.10 Å². The monoisotopic (exact) mass is 369 g/mol. The van der Waals surface area contributed by atoms with E-state index in [4.69, 9.17) is 9.47 Å². The van der Waals surface area contributed by atoms with E-state index in [1.807, 2.05) is 25.1 Å². The highest BCUT2D eigenvalue weighted by atomic mass is 16.5. The number of hydrogen-bond donors (Lipinski definition) is 2. The summed E-state index contributed by atoms with van der Waals surface area (Å²) in [7, 11) is 1.56. The van der Waals surface area contributed by atoms with E-state index in [-0.39, 0.29) is 24.7 Å². The quantitative estimate of drug-likeness (QED) is 0.525. The first-order chi connectivity index (χ1) is 13.1. The Hall–Kier alpha value is -3.35. The van der Waals surface area contributed by atoms with Crippen molar-refractivity contribution >= 4 is 23.7 Å². The lowest BCUT2D eigenvalue weighted by Crippen LogP contribution is -2.20. The van der Waals surface area contributed by atoms with Gasteiger partial charge in [0.1, 0.15) is 0 Å². The first kappa shape index (κ1) is 20.0. The summed E-state index contributed by atoms with van der Waals surface area (Å²) >= 11 is 0. The zero-order chi connectivity index (χ0) is 19.5. The minimum absolute atomic E-state index is 0.0342. The average molecular weight is 369 g/mol. The molecule has 0 saturated carbocycles. The molecular weight excluding hydrogens is 346 g/mol. The van der Waals surface area contributed by atoms with Gasteiger partial charge in [-0.15, -0.1) is 0 Å². The third-order valence-corrected chi connectivity index (χ3v) is 3.55. The SMILES string of the molecule is CCOc1c(C=NNC(=O)CCC(=O)Nc2ccccc2)cccc1OC. The van der Waals surface area contributed by atoms with Crippen LogP contribution in [0, 0.1) is 0 Å². The summed E-state index contributed by atoms with van der Waals surface area (Å²) < 4.78 is 10.8. The maximum atomic E-state index is 11.9. The number of nitrogens with one attached hydrogen (secondary N) is 2. The van der Waals surface area contributed by atoms with Gasteiger partial charge < -0.3 is 14.8 Å². The third kappa shape index (κ3) is 6.47. The van der Waals surface area contributed by atoms with E-state index >= 15 is 0 Å². The fourth-order valence-corrected chi connectivity index (χ4v) is 2.30. The van der Waals surface area contributed by atoms with Gasteiger partial charge in [0.15, 0.2) is 11.5 Å². The molecule has 2 rings (SSSR count). The van der Waals surface area contributed by atoms with Gasteiger partial charge in [-0.3, -0.25) is 9.59 Å². The van der Waals surface area contributed by atoms with Crippen LogP contribution >= 0.6 is 0 Å². The molecule has 0 atom stereocenters. The lowest BCUT2D eigenvalue weighted by Gasteiger charge is -2.11. The summed E-state index contributed by atoms with van der Waals surface area (Å²) in [5.41, 5.74) is 3.79. The van der Waals surface area contributed by atoms with Crippen molar-refractivity contribution < 1.29 is 19.1 Å². The number of hydrogen-bond acceptors (Lipinski definition) is 5. The molecule has 0 aromatic heterocycles. The Morgan fingerprint density at radius 1 is 1.04 bits per heavy atom. The molecule has 2 N–H and O–H groups in total. The Morgan fingerprint density at radius 3 is 2.48 bits per heavy atom. The first-order valence-electron chi connectivity index (χ1n) is 8.60. The number of amides is 2. The van der Waals surface area contributed by atoms with Crippen LogP contribution in [0.15, 0.2) is 53.6 Å². The van der Waals surface area contributed by atoms with Crippen molar-refractivity contribution in [3.63, 3.8) is 0 Å². The number of carbonyl (C=O) groups is 2. The Bertz CT molecular complexity index is 791. The normalized spacial score (nSPS) is 10.4. The molecule has 0 aliphatic carbocycles. The molecule has 142 valence electrons. The molecule has 2 aromatic rings. The van der Waals surface area contributed by atoms with E-state index in [0.29, 0.717) is 29.4 Å². The highest BCUT2D eigenvalue weighted by molar-refractivity contribution is 5.93. The number of para-hydroxylation sites is 2. The lowest BCUT2D eigenvalue weighted by atomic mass is 10.2. The van der Waals surface area contributed by atoms with Gasteiger partial charge in [0.05, 0.1) is 19.9 Å². The summed E-state index contributed by atoms with van der Waals surface area (Å²) in [6.45, 7) is 2.35. The Kier molecular flexibility index (Phi) is 7.84. The van der Waals surface area contributed by atoms with Crippen LogP contribution in [0.25, 0.3) is 0 Å². The summed E-state index contributed by atoms with van der Waals surface area (Å²) in [4.78, 5) is 23.7. The zero-order valence-corrected chi connectivity index (χ0v) is 15.4. The Balaban J connectivity index is 1.84. The highest BCUT2D eigenvalue weighted by Crippen LogP contribution is 2.29. The van der Waals surface area contributed by atoms with Gasteiger partial charge in [0.2, 0.25) is 11.8 Å². The van der Waals surface area contributed by atoms with Crippen LogP contribution in [0.1, 0.15) is 25.3 Å². The van der Waals surface area contributed by atoms with Crippen molar-refractivity contribution in [3.8, 4) is 11.5 Å². The molecule has 0 fully saturated rings. The van der Waals surface area contributed by atoms with Crippen molar-refractivity contribution in [2.45, 2.75) is 19.8 Å². The van der Waals surface area contributed by atoms with Crippen LogP contribution in [0.3, 0.4) is 0 Å². The Morgan fingerprint density at radius 2 is 1.78 bits per heavy atom. The molecule has 0 bridgehead atoms. The second kappa shape index (κ2) is 10.6. The maximum absolute atomic E-state index is 11.9. The number of benzene rings is 2. The van der Waals surface area contributed by atoms with Gasteiger partial charge in [-0.1, -0.05) is 24.3 Å². The van der Waals surface area contributed by atoms with Gasteiger partial charge in [0.25, 0.3) is 0 Å². The van der Waals surface area contributed by atoms with E-state index in [0.717, 1.165) is 0 Å². The van der Waals surface area contributed by atoms with Gasteiger partial charge in [-0.05, 0) is 31.2 Å². The van der Waals surface area contributed by atoms with Crippen molar-refractivity contribution in [3.05, 3.63) is 54.1 Å². The summed E-state index contributed by atoms with van der Waals surface area (Å²) in [5, 5.41) is 6.66. The molecule has 0 radical (unpaired) electrons. The second-order valence-corrected chi connectivity index (χ2v) is 5.52. The second-order valence-electron chi connectivity index (χ2n) is 5.52. The number of methoxy groups -OCH3 is 1. The summed E-state index contributed by atoms with van der Waals surface area (Å²) in [6, 6.07) is 14.5. The van der Waals surface area contributed by atoms with Gasteiger partial charge in [-0.25, -0.2) is 5.43 Å². The standard InChI is InChI=1S/C20H23N3O4/c1-3-27-20-15(8-7-11-17(20)26-2)14-21-23-19(25)13-12-18(24)22-16-9-5-4-6-10-16/h4-11,14H,3,12-13H2,1-2H3,(H,22,24)(H,23,25). The number of ether oxygens (including phenoxy) is 2. The maximum Gasteiger partial charge on any atom is 0.240 e. The van der Waals surface area contributed by atoms with Gasteiger partial charge in [0, 0.05) is 24.1 Å². The molecule has 0 aliphatic rings. The zero-order valence-electron chi connectivity index (χ0n) is 15.4. The molecule has 0 aliphatic heterocycles. The van der Waals surface area contributed by atoms with E-state index in [1.54, 1.807) is 37.4 Å². The molecule has 0 unspecified atom stereocenters. The fourth-order valence-electron chi connectivity index (χ4n) is 2.30. The third-order valence-electron chi connectivity index (χ3n) is 3.55. The fraction of sp³-hybridized carbons (Fsp3) is 0.250. The van der Waals surface area contributed by atoms with Crippen LogP contribution in [-0.4, -0.2) is 31.7 Å². The molecule has 7 nitrogen and oxygen atoms in total. The molecule has 0 heterocycles. The van der Waals surface area contributed by atoms with E-state index < -0.39 is 0 Å². The predicted octanol–water partition coefficient (Wildman–Crippen LogP) is 2.96. The number of rotatable bonds is 9. The van der Waals surface area contributed by atoms with Crippen molar-refractivity contribution in [2.24, 2.45) is 5.10 Å². The molecule has 0 saturated heterocycles. The number of anilines is 1. The highest BCUT2D eigenvalue weighted by Gasteiger charge is 2.09. The lowest BCUT2D eigenvalue weighted by molar-refractivity contribution is -0.124. The van der Waals surface area contributed by atoms with Crippen molar-refractivity contribution in [1.82, 2.24) is 5.43 Å². The summed E-state index contributed by atoms with van der Waals surface area (Å²) in [5.74, 6) is 0.564. The van der Waals surface area contributed by atoms with Crippen molar-refractivity contribution in [1.29, 1.82) is 0 Å². The Labute approximate surface area is 158 Å². The average Bonchev–Trinajstić information content (AvgIpc) is 2.68. The van der Waals surface area contributed by atoms with E-state index in [1.165, 1.54) is 6.21 Å². The topological polar surface area (TPSA) is 89.0 Å². The van der Waals surface area contributed by atoms with Crippen LogP contribution in [0.5, 0.6) is 11.5 Å². The van der Waals surface area contributed by atoms with E-state index in [2.05, 4.69) is 15.8 Å². The van der Waals surface area contributed by atoms with Crippen LogP contribution < -0.4 is 20.2 Å². The number of hydrazone groups is 1. The van der Waals surface area contributed by atoms with E-state index in [9.17, 15) is 9.59 Å². The predicted molar refractivity (Wildman–Crippen MR) is 104 cm³/mol. The first-order valence-corrected chi connectivity index (χ1v) is 8.60. The van der Waals surface area contributed by atoms with Gasteiger partial charge >= 0.3 is 0 Å². The van der Waals surface area contributed by atoms with Crippen LogP contribution in [-0.2, 0) is 9.59 Å². The van der Waals surface area contributed by atoms with Crippen LogP contribution in [0.2, 0.25) is 0 Å².